The predicted octanol–water partition coefficient (Wildman–Crippen LogP) is 3.85. The van der Waals surface area contributed by atoms with E-state index in [2.05, 4.69) is 0 Å². The van der Waals surface area contributed by atoms with Gasteiger partial charge in [0.2, 0.25) is 11.5 Å². The fraction of sp³-hybridized carbons (Fsp3) is 0.235. The molecule has 0 atom stereocenters. The summed E-state index contributed by atoms with van der Waals surface area (Å²) in [4.78, 5) is 11.9. The SMILES string of the molecule is Cc1c(O)c(OC(C)C)c(-c2cc3ccccc3o2)oc1=O. The van der Waals surface area contributed by atoms with Crippen LogP contribution in [0.25, 0.3) is 22.5 Å². The van der Waals surface area contributed by atoms with Gasteiger partial charge in [-0.1, -0.05) is 18.2 Å². The molecule has 0 unspecified atom stereocenters. The lowest BCUT2D eigenvalue weighted by atomic mass is 10.2. The quantitative estimate of drug-likeness (QED) is 0.795. The van der Waals surface area contributed by atoms with E-state index in [9.17, 15) is 9.90 Å². The third kappa shape index (κ3) is 2.35. The van der Waals surface area contributed by atoms with Gasteiger partial charge in [0.25, 0.3) is 0 Å². The van der Waals surface area contributed by atoms with Crippen molar-refractivity contribution < 1.29 is 18.7 Å². The fourth-order valence-electron chi connectivity index (χ4n) is 2.19. The Hall–Kier alpha value is -2.69. The molecule has 5 heteroatoms. The summed E-state index contributed by atoms with van der Waals surface area (Å²) in [6.45, 7) is 5.13. The minimum atomic E-state index is -0.621. The topological polar surface area (TPSA) is 72.8 Å². The summed E-state index contributed by atoms with van der Waals surface area (Å²) in [7, 11) is 0. The maximum absolute atomic E-state index is 11.9. The number of rotatable bonds is 3. The van der Waals surface area contributed by atoms with E-state index in [4.69, 9.17) is 13.6 Å². The minimum Gasteiger partial charge on any atom is -0.504 e. The van der Waals surface area contributed by atoms with Crippen molar-refractivity contribution in [2.24, 2.45) is 0 Å². The first-order chi connectivity index (χ1) is 10.5. The Kier molecular flexibility index (Phi) is 3.41. The minimum absolute atomic E-state index is 0.0954. The third-order valence-corrected chi connectivity index (χ3v) is 3.28. The Labute approximate surface area is 126 Å². The molecule has 1 aromatic carbocycles. The first kappa shape index (κ1) is 14.3. The number of hydrogen-bond donors (Lipinski definition) is 1. The molecule has 0 aliphatic carbocycles. The van der Waals surface area contributed by atoms with Crippen LogP contribution >= 0.6 is 0 Å². The van der Waals surface area contributed by atoms with Gasteiger partial charge < -0.3 is 18.7 Å². The van der Waals surface area contributed by atoms with Crippen molar-refractivity contribution >= 4 is 11.0 Å². The average molecular weight is 300 g/mol. The van der Waals surface area contributed by atoms with Gasteiger partial charge >= 0.3 is 5.63 Å². The number of benzene rings is 1. The van der Waals surface area contributed by atoms with E-state index in [0.717, 1.165) is 5.39 Å². The molecular weight excluding hydrogens is 284 g/mol. The highest BCUT2D eigenvalue weighted by atomic mass is 16.5. The van der Waals surface area contributed by atoms with Crippen molar-refractivity contribution in [1.29, 1.82) is 0 Å². The van der Waals surface area contributed by atoms with Gasteiger partial charge in [0.05, 0.1) is 11.7 Å². The first-order valence-electron chi connectivity index (χ1n) is 6.99. The summed E-state index contributed by atoms with van der Waals surface area (Å²) in [6, 6.07) is 9.18. The van der Waals surface area contributed by atoms with Crippen LogP contribution in [0.2, 0.25) is 0 Å². The molecule has 3 rings (SSSR count). The molecule has 0 spiro atoms. The van der Waals surface area contributed by atoms with Crippen LogP contribution < -0.4 is 10.4 Å². The van der Waals surface area contributed by atoms with Gasteiger partial charge in [-0.3, -0.25) is 0 Å². The first-order valence-corrected chi connectivity index (χ1v) is 6.99. The van der Waals surface area contributed by atoms with Crippen molar-refractivity contribution in [1.82, 2.24) is 0 Å². The summed E-state index contributed by atoms with van der Waals surface area (Å²) >= 11 is 0. The highest BCUT2D eigenvalue weighted by Gasteiger charge is 2.23. The summed E-state index contributed by atoms with van der Waals surface area (Å²) in [6.07, 6.45) is -0.193. The smallest absolute Gasteiger partial charge is 0.343 e. The molecule has 5 nitrogen and oxygen atoms in total. The maximum Gasteiger partial charge on any atom is 0.343 e. The number of furan rings is 1. The molecule has 0 radical (unpaired) electrons. The van der Waals surface area contributed by atoms with Crippen LogP contribution in [0.1, 0.15) is 19.4 Å². The van der Waals surface area contributed by atoms with Crippen LogP contribution in [0.4, 0.5) is 0 Å². The molecule has 1 N–H and O–H groups in total. The molecule has 0 bridgehead atoms. The molecule has 0 fully saturated rings. The van der Waals surface area contributed by atoms with Crippen molar-refractivity contribution in [3.8, 4) is 23.0 Å². The summed E-state index contributed by atoms with van der Waals surface area (Å²) in [5.41, 5.74) is 0.148. The zero-order valence-electron chi connectivity index (χ0n) is 12.5. The molecule has 2 heterocycles. The Bertz CT molecular complexity index is 853. The molecule has 22 heavy (non-hydrogen) atoms. The monoisotopic (exact) mass is 300 g/mol. The largest absolute Gasteiger partial charge is 0.504 e. The lowest BCUT2D eigenvalue weighted by Gasteiger charge is -2.14. The average Bonchev–Trinajstić information content (AvgIpc) is 2.91. The molecule has 0 aliphatic heterocycles. The molecular formula is C17H16O5. The van der Waals surface area contributed by atoms with Crippen LogP contribution in [0.15, 0.2) is 44.0 Å². The van der Waals surface area contributed by atoms with Crippen LogP contribution in [-0.2, 0) is 0 Å². The number of aromatic hydroxyl groups is 1. The van der Waals surface area contributed by atoms with Gasteiger partial charge in [-0.2, -0.15) is 0 Å². The second-order valence-corrected chi connectivity index (χ2v) is 5.34. The zero-order chi connectivity index (χ0) is 15.9. The van der Waals surface area contributed by atoms with Crippen molar-refractivity contribution in [2.75, 3.05) is 0 Å². The van der Waals surface area contributed by atoms with Crippen molar-refractivity contribution in [3.05, 3.63) is 46.3 Å². The number of fused-ring (bicyclic) bond motifs is 1. The lowest BCUT2D eigenvalue weighted by Crippen LogP contribution is -2.11. The number of hydrogen-bond acceptors (Lipinski definition) is 5. The van der Waals surface area contributed by atoms with E-state index >= 15 is 0 Å². The Morgan fingerprint density at radius 1 is 1.18 bits per heavy atom. The predicted molar refractivity (Wildman–Crippen MR) is 82.4 cm³/mol. The highest BCUT2D eigenvalue weighted by Crippen LogP contribution is 2.40. The van der Waals surface area contributed by atoms with Crippen molar-refractivity contribution in [2.45, 2.75) is 26.9 Å². The second kappa shape index (κ2) is 5.26. The van der Waals surface area contributed by atoms with Gasteiger partial charge in [-0.15, -0.1) is 0 Å². The van der Waals surface area contributed by atoms with E-state index < -0.39 is 5.63 Å². The van der Waals surface area contributed by atoms with Gasteiger partial charge in [-0.05, 0) is 32.9 Å². The summed E-state index contributed by atoms with van der Waals surface area (Å²) in [5, 5.41) is 11.1. The highest BCUT2D eigenvalue weighted by molar-refractivity contribution is 5.83. The normalized spacial score (nSPS) is 11.3. The standard InChI is InChI=1S/C17H16O5/c1-9(2)20-16-14(18)10(3)17(19)22-15(16)13-8-11-6-4-5-7-12(11)21-13/h4-9,18H,1-3H3. The van der Waals surface area contributed by atoms with E-state index in [1.807, 2.05) is 38.1 Å². The molecule has 0 aliphatic rings. The second-order valence-electron chi connectivity index (χ2n) is 5.34. The Balaban J connectivity index is 2.26. The van der Waals surface area contributed by atoms with Gasteiger partial charge in [-0.25, -0.2) is 4.79 Å². The van der Waals surface area contributed by atoms with Gasteiger partial charge in [0, 0.05) is 5.39 Å². The Morgan fingerprint density at radius 3 is 2.59 bits per heavy atom. The number of ether oxygens (including phenoxy) is 1. The summed E-state index contributed by atoms with van der Waals surface area (Å²) in [5.74, 6) is 0.328. The Morgan fingerprint density at radius 2 is 1.91 bits per heavy atom. The van der Waals surface area contributed by atoms with Crippen LogP contribution in [0.3, 0.4) is 0 Å². The van der Waals surface area contributed by atoms with Crippen LogP contribution in [-0.4, -0.2) is 11.2 Å². The molecule has 2 aromatic heterocycles. The van der Waals surface area contributed by atoms with Crippen LogP contribution in [0, 0.1) is 6.92 Å². The molecule has 0 saturated carbocycles. The molecule has 0 amide bonds. The molecule has 0 saturated heterocycles. The summed E-state index contributed by atoms with van der Waals surface area (Å²) < 4.78 is 16.6. The van der Waals surface area contributed by atoms with Crippen molar-refractivity contribution in [3.63, 3.8) is 0 Å². The van der Waals surface area contributed by atoms with E-state index in [0.29, 0.717) is 11.3 Å². The van der Waals surface area contributed by atoms with Crippen LogP contribution in [0.5, 0.6) is 11.5 Å². The number of para-hydroxylation sites is 1. The maximum atomic E-state index is 11.9. The van der Waals surface area contributed by atoms with Gasteiger partial charge in [0.15, 0.2) is 11.5 Å². The zero-order valence-corrected chi connectivity index (χ0v) is 12.5. The lowest BCUT2D eigenvalue weighted by molar-refractivity contribution is 0.223. The van der Waals surface area contributed by atoms with E-state index in [-0.39, 0.29) is 28.9 Å². The van der Waals surface area contributed by atoms with Gasteiger partial charge in [0.1, 0.15) is 5.58 Å². The molecule has 3 aromatic rings. The molecule has 114 valence electrons. The third-order valence-electron chi connectivity index (χ3n) is 3.28. The van der Waals surface area contributed by atoms with E-state index in [1.54, 1.807) is 6.07 Å². The fourth-order valence-corrected chi connectivity index (χ4v) is 2.19. The van der Waals surface area contributed by atoms with E-state index in [1.165, 1.54) is 6.92 Å².